The van der Waals surface area contributed by atoms with Crippen LogP contribution in [-0.2, 0) is 16.6 Å². The monoisotopic (exact) mass is 369 g/mol. The molecular formula is C15H16BrNO3S. The summed E-state index contributed by atoms with van der Waals surface area (Å²) in [6.07, 6.45) is 0. The minimum absolute atomic E-state index is 0.252. The van der Waals surface area contributed by atoms with E-state index in [0.29, 0.717) is 5.75 Å². The molecule has 0 N–H and O–H groups in total. The summed E-state index contributed by atoms with van der Waals surface area (Å²) in [6, 6.07) is 14.0. The SMILES string of the molecule is COc1ccccc1CN(C)S(=O)(=O)c1ccc(Br)cc1. The largest absolute Gasteiger partial charge is 0.496 e. The maximum atomic E-state index is 12.5. The van der Waals surface area contributed by atoms with Crippen LogP contribution in [0.4, 0.5) is 0 Å². The van der Waals surface area contributed by atoms with Crippen LogP contribution in [0.3, 0.4) is 0 Å². The molecule has 0 bridgehead atoms. The minimum Gasteiger partial charge on any atom is -0.496 e. The van der Waals surface area contributed by atoms with Gasteiger partial charge in [0, 0.05) is 23.6 Å². The molecule has 0 amide bonds. The summed E-state index contributed by atoms with van der Waals surface area (Å²) in [5, 5.41) is 0. The molecule has 0 aliphatic carbocycles. The average Bonchev–Trinajstić information content (AvgIpc) is 2.48. The summed E-state index contributed by atoms with van der Waals surface area (Å²) in [5.41, 5.74) is 0.822. The molecule has 0 atom stereocenters. The Morgan fingerprint density at radius 3 is 2.33 bits per heavy atom. The summed E-state index contributed by atoms with van der Waals surface area (Å²) in [7, 11) is -0.391. The van der Waals surface area contributed by atoms with E-state index >= 15 is 0 Å². The fourth-order valence-corrected chi connectivity index (χ4v) is 3.36. The van der Waals surface area contributed by atoms with Crippen molar-refractivity contribution in [2.75, 3.05) is 14.2 Å². The van der Waals surface area contributed by atoms with Crippen molar-refractivity contribution in [1.82, 2.24) is 4.31 Å². The summed E-state index contributed by atoms with van der Waals surface area (Å²) in [5.74, 6) is 0.676. The number of hydrogen-bond acceptors (Lipinski definition) is 3. The van der Waals surface area contributed by atoms with Gasteiger partial charge in [-0.05, 0) is 30.3 Å². The zero-order valence-electron chi connectivity index (χ0n) is 11.8. The van der Waals surface area contributed by atoms with E-state index in [1.165, 1.54) is 4.31 Å². The maximum absolute atomic E-state index is 12.5. The lowest BCUT2D eigenvalue weighted by atomic mass is 10.2. The maximum Gasteiger partial charge on any atom is 0.243 e. The van der Waals surface area contributed by atoms with Gasteiger partial charge < -0.3 is 4.74 Å². The molecular weight excluding hydrogens is 354 g/mol. The van der Waals surface area contributed by atoms with Gasteiger partial charge in [-0.15, -0.1) is 0 Å². The first-order valence-electron chi connectivity index (χ1n) is 6.29. The van der Waals surface area contributed by atoms with Crippen molar-refractivity contribution in [2.24, 2.45) is 0 Å². The lowest BCUT2D eigenvalue weighted by Gasteiger charge is -2.18. The Kier molecular flexibility index (Phi) is 5.03. The van der Waals surface area contributed by atoms with Crippen molar-refractivity contribution < 1.29 is 13.2 Å². The molecule has 6 heteroatoms. The van der Waals surface area contributed by atoms with E-state index in [2.05, 4.69) is 15.9 Å². The normalized spacial score (nSPS) is 11.6. The number of methoxy groups -OCH3 is 1. The standard InChI is InChI=1S/C15H16BrNO3S/c1-17(11-12-5-3-4-6-15(12)20-2)21(18,19)14-9-7-13(16)8-10-14/h3-10H,11H2,1-2H3. The molecule has 0 saturated carbocycles. The second kappa shape index (κ2) is 6.60. The molecule has 0 aromatic heterocycles. The zero-order chi connectivity index (χ0) is 15.5. The highest BCUT2D eigenvalue weighted by atomic mass is 79.9. The first-order chi connectivity index (χ1) is 9.95. The summed E-state index contributed by atoms with van der Waals surface area (Å²) < 4.78 is 32.4. The highest BCUT2D eigenvalue weighted by Gasteiger charge is 2.21. The molecule has 0 unspecified atom stereocenters. The molecule has 0 saturated heterocycles. The van der Waals surface area contributed by atoms with Crippen LogP contribution in [0, 0.1) is 0 Å². The lowest BCUT2D eigenvalue weighted by Crippen LogP contribution is -2.26. The average molecular weight is 370 g/mol. The topological polar surface area (TPSA) is 46.6 Å². The van der Waals surface area contributed by atoms with E-state index in [0.717, 1.165) is 10.0 Å². The third-order valence-electron chi connectivity index (χ3n) is 3.11. The molecule has 0 aliphatic heterocycles. The van der Waals surface area contributed by atoms with Crippen molar-refractivity contribution in [3.05, 3.63) is 58.6 Å². The van der Waals surface area contributed by atoms with Gasteiger partial charge in [0.1, 0.15) is 5.75 Å². The quantitative estimate of drug-likeness (QED) is 0.812. The van der Waals surface area contributed by atoms with Gasteiger partial charge in [0.2, 0.25) is 10.0 Å². The zero-order valence-corrected chi connectivity index (χ0v) is 14.2. The van der Waals surface area contributed by atoms with E-state index in [9.17, 15) is 8.42 Å². The number of rotatable bonds is 5. The number of sulfonamides is 1. The van der Waals surface area contributed by atoms with Crippen molar-refractivity contribution in [3.8, 4) is 5.75 Å². The highest BCUT2D eigenvalue weighted by molar-refractivity contribution is 9.10. The number of nitrogens with zero attached hydrogens (tertiary/aromatic N) is 1. The number of para-hydroxylation sites is 1. The van der Waals surface area contributed by atoms with Gasteiger partial charge in [0.15, 0.2) is 0 Å². The van der Waals surface area contributed by atoms with E-state index in [1.807, 2.05) is 24.3 Å². The lowest BCUT2D eigenvalue weighted by molar-refractivity contribution is 0.398. The molecule has 21 heavy (non-hydrogen) atoms. The fourth-order valence-electron chi connectivity index (χ4n) is 1.94. The minimum atomic E-state index is -3.52. The molecule has 0 spiro atoms. The van der Waals surface area contributed by atoms with Crippen molar-refractivity contribution in [2.45, 2.75) is 11.4 Å². The molecule has 0 radical (unpaired) electrons. The molecule has 0 aliphatic rings. The predicted molar refractivity (Wildman–Crippen MR) is 85.8 cm³/mol. The first kappa shape index (κ1) is 16.0. The number of ether oxygens (including phenoxy) is 1. The van der Waals surface area contributed by atoms with Crippen molar-refractivity contribution >= 4 is 26.0 Å². The van der Waals surface area contributed by atoms with Crippen LogP contribution in [0.15, 0.2) is 57.9 Å². The predicted octanol–water partition coefficient (Wildman–Crippen LogP) is 3.28. The third kappa shape index (κ3) is 3.64. The summed E-state index contributed by atoms with van der Waals surface area (Å²) in [6.45, 7) is 0.252. The van der Waals surface area contributed by atoms with Gasteiger partial charge in [0.05, 0.1) is 12.0 Å². The molecule has 4 nitrogen and oxygen atoms in total. The van der Waals surface area contributed by atoms with E-state index < -0.39 is 10.0 Å². The number of benzene rings is 2. The first-order valence-corrected chi connectivity index (χ1v) is 8.52. The van der Waals surface area contributed by atoms with Crippen molar-refractivity contribution in [3.63, 3.8) is 0 Å². The van der Waals surface area contributed by atoms with Crippen LogP contribution in [0.2, 0.25) is 0 Å². The third-order valence-corrected chi connectivity index (χ3v) is 5.45. The molecule has 0 fully saturated rings. The van der Waals surface area contributed by atoms with Crippen LogP contribution in [0.1, 0.15) is 5.56 Å². The van der Waals surface area contributed by atoms with Crippen molar-refractivity contribution in [1.29, 1.82) is 0 Å². The van der Waals surface area contributed by atoms with E-state index in [-0.39, 0.29) is 11.4 Å². The Bertz CT molecular complexity index is 714. The summed E-state index contributed by atoms with van der Waals surface area (Å²) >= 11 is 3.30. The molecule has 2 rings (SSSR count). The second-order valence-corrected chi connectivity index (χ2v) is 7.49. The molecule has 0 heterocycles. The van der Waals surface area contributed by atoms with Crippen LogP contribution in [0.25, 0.3) is 0 Å². The Balaban J connectivity index is 2.26. The number of hydrogen-bond donors (Lipinski definition) is 0. The summed E-state index contributed by atoms with van der Waals surface area (Å²) in [4.78, 5) is 0.267. The Labute approximate surface area is 133 Å². The Morgan fingerprint density at radius 2 is 1.71 bits per heavy atom. The number of halogens is 1. The van der Waals surface area contributed by atoms with E-state index in [1.54, 1.807) is 38.4 Å². The Morgan fingerprint density at radius 1 is 1.10 bits per heavy atom. The van der Waals surface area contributed by atoms with Crippen LogP contribution < -0.4 is 4.74 Å². The molecule has 2 aromatic carbocycles. The van der Waals surface area contributed by atoms with Gasteiger partial charge in [-0.2, -0.15) is 4.31 Å². The fraction of sp³-hybridized carbons (Fsp3) is 0.200. The molecule has 112 valence electrons. The van der Waals surface area contributed by atoms with E-state index in [4.69, 9.17) is 4.74 Å². The van der Waals surface area contributed by atoms with Gasteiger partial charge in [0.25, 0.3) is 0 Å². The Hall–Kier alpha value is -1.37. The van der Waals surface area contributed by atoms with Gasteiger partial charge in [-0.25, -0.2) is 8.42 Å². The van der Waals surface area contributed by atoms with Gasteiger partial charge >= 0.3 is 0 Å². The highest BCUT2D eigenvalue weighted by Crippen LogP contribution is 2.23. The second-order valence-electron chi connectivity index (χ2n) is 4.53. The van der Waals surface area contributed by atoms with Gasteiger partial charge in [-0.1, -0.05) is 34.1 Å². The van der Waals surface area contributed by atoms with Crippen LogP contribution >= 0.6 is 15.9 Å². The van der Waals surface area contributed by atoms with Gasteiger partial charge in [-0.3, -0.25) is 0 Å². The van der Waals surface area contributed by atoms with Crippen LogP contribution in [0.5, 0.6) is 5.75 Å². The smallest absolute Gasteiger partial charge is 0.243 e. The van der Waals surface area contributed by atoms with Crippen LogP contribution in [-0.4, -0.2) is 26.9 Å². The molecule has 2 aromatic rings.